The van der Waals surface area contributed by atoms with Crippen LogP contribution in [0.4, 0.5) is 5.69 Å². The summed E-state index contributed by atoms with van der Waals surface area (Å²) in [6.45, 7) is 2.03. The van der Waals surface area contributed by atoms with Gasteiger partial charge < -0.3 is 19.5 Å². The van der Waals surface area contributed by atoms with Gasteiger partial charge in [-0.05, 0) is 48.9 Å². The normalized spacial score (nSPS) is 10.6. The Balaban J connectivity index is 1.46. The van der Waals surface area contributed by atoms with E-state index < -0.39 is 0 Å². The number of pyridine rings is 1. The van der Waals surface area contributed by atoms with Crippen LogP contribution in [0, 0.1) is 6.92 Å². The molecule has 33 heavy (non-hydrogen) atoms. The van der Waals surface area contributed by atoms with E-state index in [0.29, 0.717) is 39.8 Å². The van der Waals surface area contributed by atoms with Gasteiger partial charge in [-0.1, -0.05) is 12.1 Å². The highest BCUT2D eigenvalue weighted by atomic mass is 16.5. The highest BCUT2D eigenvalue weighted by molar-refractivity contribution is 6.04. The Hall–Kier alpha value is -4.33. The number of benzene rings is 2. The zero-order valence-electron chi connectivity index (χ0n) is 18.5. The summed E-state index contributed by atoms with van der Waals surface area (Å²) >= 11 is 0. The van der Waals surface area contributed by atoms with Crippen molar-refractivity contribution in [3.8, 4) is 17.2 Å². The Morgan fingerprint density at radius 2 is 1.82 bits per heavy atom. The summed E-state index contributed by atoms with van der Waals surface area (Å²) in [5.74, 6) is 1.25. The monoisotopic (exact) mass is 445 g/mol. The molecule has 0 saturated heterocycles. The highest BCUT2D eigenvalue weighted by Gasteiger charge is 2.12. The molecule has 0 aliphatic carbocycles. The molecular formula is C25H23N3O5. The van der Waals surface area contributed by atoms with E-state index in [2.05, 4.69) is 10.3 Å². The first-order valence-electron chi connectivity index (χ1n) is 10.2. The summed E-state index contributed by atoms with van der Waals surface area (Å²) in [4.78, 5) is 29.5. The largest absolute Gasteiger partial charge is 0.493 e. The second-order valence-electron chi connectivity index (χ2n) is 7.36. The van der Waals surface area contributed by atoms with Crippen LogP contribution in [0.1, 0.15) is 21.6 Å². The lowest BCUT2D eigenvalue weighted by Crippen LogP contribution is -2.16. The fraction of sp³-hybridized carbons (Fsp3) is 0.160. The van der Waals surface area contributed by atoms with Gasteiger partial charge in [-0.3, -0.25) is 14.0 Å². The van der Waals surface area contributed by atoms with Gasteiger partial charge in [0.2, 0.25) is 0 Å². The van der Waals surface area contributed by atoms with Crippen molar-refractivity contribution in [1.82, 2.24) is 9.38 Å². The minimum atomic E-state index is -0.299. The minimum Gasteiger partial charge on any atom is -0.493 e. The molecule has 4 rings (SSSR count). The molecule has 0 aliphatic heterocycles. The van der Waals surface area contributed by atoms with E-state index in [9.17, 15) is 9.59 Å². The van der Waals surface area contributed by atoms with Crippen LogP contribution in [-0.4, -0.2) is 29.5 Å². The van der Waals surface area contributed by atoms with E-state index in [1.165, 1.54) is 24.7 Å². The third-order valence-corrected chi connectivity index (χ3v) is 4.98. The number of aryl methyl sites for hydroxylation is 1. The topological polar surface area (TPSA) is 91.2 Å². The number of hydrogen-bond acceptors (Lipinski definition) is 6. The van der Waals surface area contributed by atoms with Crippen LogP contribution in [-0.2, 0) is 6.61 Å². The molecule has 0 aliphatic rings. The summed E-state index contributed by atoms with van der Waals surface area (Å²) in [6, 6.07) is 17.1. The number of methoxy groups -OCH3 is 2. The standard InChI is InChI=1S/C25H23N3O5/c1-16-7-10-23-26-19(13-24(29)28(23)14-16)15-33-20-6-4-5-18(12-20)27-25(30)17-8-9-21(31-2)22(11-17)32-3/h4-14H,15H2,1-3H3,(H,27,30). The van der Waals surface area contributed by atoms with Crippen LogP contribution < -0.4 is 25.1 Å². The molecule has 2 aromatic heterocycles. The number of ether oxygens (including phenoxy) is 3. The number of amides is 1. The number of carbonyl (C=O) groups excluding carboxylic acids is 1. The second-order valence-corrected chi connectivity index (χ2v) is 7.36. The maximum Gasteiger partial charge on any atom is 0.258 e. The molecule has 0 saturated carbocycles. The Labute approximate surface area is 190 Å². The molecule has 2 heterocycles. The van der Waals surface area contributed by atoms with Gasteiger partial charge in [0, 0.05) is 29.6 Å². The molecule has 8 heteroatoms. The average Bonchev–Trinajstić information content (AvgIpc) is 2.83. The van der Waals surface area contributed by atoms with E-state index in [0.717, 1.165) is 5.56 Å². The molecular weight excluding hydrogens is 422 g/mol. The summed E-state index contributed by atoms with van der Waals surface area (Å²) in [6.07, 6.45) is 1.75. The SMILES string of the molecule is COc1ccc(C(=O)Nc2cccc(OCc3cc(=O)n4cc(C)ccc4n3)c2)cc1OC. The number of carbonyl (C=O) groups is 1. The van der Waals surface area contributed by atoms with Crippen molar-refractivity contribution >= 4 is 17.2 Å². The van der Waals surface area contributed by atoms with Crippen molar-refractivity contribution in [3.63, 3.8) is 0 Å². The van der Waals surface area contributed by atoms with Crippen LogP contribution in [0.5, 0.6) is 17.2 Å². The summed E-state index contributed by atoms with van der Waals surface area (Å²) in [5, 5.41) is 2.84. The molecule has 0 atom stereocenters. The minimum absolute atomic E-state index is 0.118. The maximum absolute atomic E-state index is 12.7. The summed E-state index contributed by atoms with van der Waals surface area (Å²) in [7, 11) is 3.05. The number of hydrogen-bond donors (Lipinski definition) is 1. The van der Waals surface area contributed by atoms with Gasteiger partial charge in [0.05, 0.1) is 19.9 Å². The van der Waals surface area contributed by atoms with Crippen LogP contribution in [0.15, 0.2) is 71.7 Å². The van der Waals surface area contributed by atoms with Gasteiger partial charge in [-0.2, -0.15) is 0 Å². The summed E-state index contributed by atoms with van der Waals surface area (Å²) in [5.41, 5.74) is 2.87. The van der Waals surface area contributed by atoms with E-state index in [4.69, 9.17) is 14.2 Å². The van der Waals surface area contributed by atoms with Crippen LogP contribution in [0.25, 0.3) is 5.65 Å². The van der Waals surface area contributed by atoms with E-state index in [1.807, 2.05) is 13.0 Å². The zero-order chi connectivity index (χ0) is 23.4. The van der Waals surface area contributed by atoms with Crippen molar-refractivity contribution in [2.45, 2.75) is 13.5 Å². The predicted octanol–water partition coefficient (Wildman–Crippen LogP) is 3.85. The maximum atomic E-state index is 12.7. The first kappa shape index (κ1) is 21.9. The molecule has 0 fully saturated rings. The first-order chi connectivity index (χ1) is 16.0. The summed E-state index contributed by atoms with van der Waals surface area (Å²) < 4.78 is 17.8. The van der Waals surface area contributed by atoms with Crippen LogP contribution >= 0.6 is 0 Å². The molecule has 1 amide bonds. The van der Waals surface area contributed by atoms with Crippen molar-refractivity contribution in [2.75, 3.05) is 19.5 Å². The molecule has 0 bridgehead atoms. The lowest BCUT2D eigenvalue weighted by Gasteiger charge is -2.11. The second kappa shape index (κ2) is 9.44. The highest BCUT2D eigenvalue weighted by Crippen LogP contribution is 2.28. The molecule has 8 nitrogen and oxygen atoms in total. The Morgan fingerprint density at radius 1 is 1.00 bits per heavy atom. The lowest BCUT2D eigenvalue weighted by molar-refractivity contribution is 0.102. The van der Waals surface area contributed by atoms with Crippen LogP contribution in [0.3, 0.4) is 0 Å². The smallest absolute Gasteiger partial charge is 0.258 e. The van der Waals surface area contributed by atoms with Crippen molar-refractivity contribution in [2.24, 2.45) is 0 Å². The number of anilines is 1. The average molecular weight is 445 g/mol. The molecule has 4 aromatic rings. The Bertz CT molecular complexity index is 1380. The van der Waals surface area contributed by atoms with Gasteiger partial charge in [0.25, 0.3) is 11.5 Å². The van der Waals surface area contributed by atoms with Gasteiger partial charge in [0.1, 0.15) is 18.0 Å². The molecule has 0 spiro atoms. The van der Waals surface area contributed by atoms with Crippen molar-refractivity contribution < 1.29 is 19.0 Å². The van der Waals surface area contributed by atoms with Crippen molar-refractivity contribution in [3.05, 3.63) is 94.0 Å². The van der Waals surface area contributed by atoms with Gasteiger partial charge in [0.15, 0.2) is 11.5 Å². The van der Waals surface area contributed by atoms with Crippen LogP contribution in [0.2, 0.25) is 0 Å². The fourth-order valence-corrected chi connectivity index (χ4v) is 3.33. The Kier molecular flexibility index (Phi) is 6.26. The number of rotatable bonds is 7. The lowest BCUT2D eigenvalue weighted by atomic mass is 10.2. The van der Waals surface area contributed by atoms with E-state index in [1.54, 1.807) is 54.7 Å². The molecule has 168 valence electrons. The van der Waals surface area contributed by atoms with Gasteiger partial charge >= 0.3 is 0 Å². The van der Waals surface area contributed by atoms with Crippen molar-refractivity contribution in [1.29, 1.82) is 0 Å². The van der Waals surface area contributed by atoms with E-state index in [-0.39, 0.29) is 18.1 Å². The molecule has 1 N–H and O–H groups in total. The number of nitrogens with zero attached hydrogens (tertiary/aromatic N) is 2. The molecule has 0 unspecified atom stereocenters. The quantitative estimate of drug-likeness (QED) is 0.465. The number of nitrogens with one attached hydrogen (secondary N) is 1. The molecule has 0 radical (unpaired) electrons. The Morgan fingerprint density at radius 3 is 2.61 bits per heavy atom. The first-order valence-corrected chi connectivity index (χ1v) is 10.2. The zero-order valence-corrected chi connectivity index (χ0v) is 18.5. The third-order valence-electron chi connectivity index (χ3n) is 4.98. The van der Waals surface area contributed by atoms with E-state index >= 15 is 0 Å². The third kappa shape index (κ3) is 4.95. The van der Waals surface area contributed by atoms with Gasteiger partial charge in [-0.15, -0.1) is 0 Å². The number of fused-ring (bicyclic) bond motifs is 1. The van der Waals surface area contributed by atoms with Gasteiger partial charge in [-0.25, -0.2) is 4.98 Å². The number of aromatic nitrogens is 2. The predicted molar refractivity (Wildman–Crippen MR) is 124 cm³/mol. The fourth-order valence-electron chi connectivity index (χ4n) is 3.33. The molecule has 2 aromatic carbocycles.